The second kappa shape index (κ2) is 2.70. The van der Waals surface area contributed by atoms with Crippen molar-refractivity contribution >= 4 is 15.8 Å². The second-order valence-corrected chi connectivity index (χ2v) is 4.17. The zero-order chi connectivity index (χ0) is 7.72. The molecule has 2 atom stereocenters. The highest BCUT2D eigenvalue weighted by Gasteiger charge is 2.19. The molecular weight excluding hydrogens is 148 g/mol. The van der Waals surface area contributed by atoms with Gasteiger partial charge in [0.05, 0.1) is 22.6 Å². The molecule has 58 valence electrons. The van der Waals surface area contributed by atoms with Crippen LogP contribution in [-0.4, -0.2) is 33.1 Å². The van der Waals surface area contributed by atoms with Gasteiger partial charge in [0.1, 0.15) is 5.04 Å². The first kappa shape index (κ1) is 7.72. The van der Waals surface area contributed by atoms with Gasteiger partial charge in [0.25, 0.3) is 0 Å². The quantitative estimate of drug-likeness (QED) is 0.514. The van der Waals surface area contributed by atoms with E-state index in [9.17, 15) is 4.21 Å². The Morgan fingerprint density at radius 3 is 2.90 bits per heavy atom. The number of nitrogens with zero attached hydrogens (tertiary/aromatic N) is 2. The number of hydrogen-bond acceptors (Lipinski definition) is 3. The highest BCUT2D eigenvalue weighted by atomic mass is 32.2. The zero-order valence-corrected chi connectivity index (χ0v) is 7.31. The molecule has 0 N–H and O–H groups in total. The van der Waals surface area contributed by atoms with E-state index in [1.54, 1.807) is 6.92 Å². The van der Waals surface area contributed by atoms with E-state index in [-0.39, 0.29) is 0 Å². The molecular formula is C6H12N2OS. The minimum absolute atomic E-state index is 0.310. The fourth-order valence-electron chi connectivity index (χ4n) is 0.814. The Morgan fingerprint density at radius 2 is 2.40 bits per heavy atom. The average Bonchev–Trinajstić information content (AvgIpc) is 1.84. The Labute approximate surface area is 63.6 Å². The van der Waals surface area contributed by atoms with Crippen LogP contribution >= 0.6 is 0 Å². The van der Waals surface area contributed by atoms with Crippen molar-refractivity contribution in [2.45, 2.75) is 19.9 Å². The van der Waals surface area contributed by atoms with Crippen LogP contribution in [0.1, 0.15) is 13.8 Å². The number of hydrazone groups is 1. The number of hydrogen-bond donors (Lipinski definition) is 0. The van der Waals surface area contributed by atoms with E-state index in [0.717, 1.165) is 5.04 Å². The van der Waals surface area contributed by atoms with E-state index < -0.39 is 10.8 Å². The molecule has 0 aliphatic carbocycles. The third kappa shape index (κ3) is 1.37. The Balaban J connectivity index is 2.79. The molecule has 0 bridgehead atoms. The Kier molecular flexibility index (Phi) is 2.08. The maximum Gasteiger partial charge on any atom is 0.121 e. The Bertz CT molecular complexity index is 190. The lowest BCUT2D eigenvalue weighted by Crippen LogP contribution is -2.36. The maximum absolute atomic E-state index is 11.1. The summed E-state index contributed by atoms with van der Waals surface area (Å²) in [6, 6.07) is 0.310. The molecule has 0 spiro atoms. The molecule has 0 aromatic rings. The third-order valence-corrected chi connectivity index (χ3v) is 3.18. The van der Waals surface area contributed by atoms with Crippen LogP contribution in [0.25, 0.3) is 0 Å². The average molecular weight is 160 g/mol. The summed E-state index contributed by atoms with van der Waals surface area (Å²) in [5.41, 5.74) is 0. The topological polar surface area (TPSA) is 32.7 Å². The third-order valence-electron chi connectivity index (χ3n) is 1.66. The van der Waals surface area contributed by atoms with E-state index >= 15 is 0 Å². The molecule has 2 unspecified atom stereocenters. The molecule has 0 saturated carbocycles. The normalized spacial score (nSPS) is 33.9. The van der Waals surface area contributed by atoms with Gasteiger partial charge in [-0.25, -0.2) is 0 Å². The maximum atomic E-state index is 11.1. The van der Waals surface area contributed by atoms with E-state index in [0.29, 0.717) is 11.8 Å². The van der Waals surface area contributed by atoms with Crippen LogP contribution in [0.4, 0.5) is 0 Å². The van der Waals surface area contributed by atoms with Gasteiger partial charge < -0.3 is 0 Å². The van der Waals surface area contributed by atoms with Crippen molar-refractivity contribution in [1.82, 2.24) is 5.01 Å². The van der Waals surface area contributed by atoms with Crippen molar-refractivity contribution in [2.24, 2.45) is 5.10 Å². The molecule has 0 saturated heterocycles. The van der Waals surface area contributed by atoms with Crippen molar-refractivity contribution in [2.75, 3.05) is 12.8 Å². The van der Waals surface area contributed by atoms with Gasteiger partial charge in [-0.15, -0.1) is 0 Å². The molecule has 1 rings (SSSR count). The molecule has 1 aliphatic heterocycles. The van der Waals surface area contributed by atoms with Crippen LogP contribution in [0.15, 0.2) is 5.10 Å². The van der Waals surface area contributed by atoms with Gasteiger partial charge in [-0.1, -0.05) is 0 Å². The predicted octanol–water partition coefficient (Wildman–Crippen LogP) is 0.402. The molecule has 0 aromatic carbocycles. The van der Waals surface area contributed by atoms with E-state index in [1.807, 2.05) is 19.0 Å². The van der Waals surface area contributed by atoms with Crippen molar-refractivity contribution < 1.29 is 4.21 Å². The first-order valence-corrected chi connectivity index (χ1v) is 4.59. The smallest absolute Gasteiger partial charge is 0.121 e. The molecule has 0 aromatic heterocycles. The van der Waals surface area contributed by atoms with Gasteiger partial charge in [0.2, 0.25) is 0 Å². The first-order valence-electron chi connectivity index (χ1n) is 3.27. The van der Waals surface area contributed by atoms with Crippen LogP contribution < -0.4 is 0 Å². The molecule has 4 heteroatoms. The van der Waals surface area contributed by atoms with Crippen LogP contribution in [0, 0.1) is 0 Å². The molecule has 1 aliphatic rings. The van der Waals surface area contributed by atoms with Crippen molar-refractivity contribution in [3.05, 3.63) is 0 Å². The summed E-state index contributed by atoms with van der Waals surface area (Å²) in [6.45, 7) is 3.83. The summed E-state index contributed by atoms with van der Waals surface area (Å²) >= 11 is 0. The SMILES string of the molecule is CC1=NN(C)C(C)CS1=O. The lowest BCUT2D eigenvalue weighted by molar-refractivity contribution is 0.288. The first-order chi connectivity index (χ1) is 4.61. The summed E-state index contributed by atoms with van der Waals surface area (Å²) in [4.78, 5) is 0. The van der Waals surface area contributed by atoms with Crippen LogP contribution in [0.5, 0.6) is 0 Å². The van der Waals surface area contributed by atoms with Crippen molar-refractivity contribution in [1.29, 1.82) is 0 Å². The van der Waals surface area contributed by atoms with Gasteiger partial charge in [0, 0.05) is 7.05 Å². The van der Waals surface area contributed by atoms with Crippen LogP contribution in [-0.2, 0) is 10.8 Å². The molecule has 0 amide bonds. The zero-order valence-electron chi connectivity index (χ0n) is 6.50. The molecule has 1 heterocycles. The van der Waals surface area contributed by atoms with Crippen LogP contribution in [0.2, 0.25) is 0 Å². The minimum Gasteiger partial charge on any atom is -0.296 e. The summed E-state index contributed by atoms with van der Waals surface area (Å²) < 4.78 is 11.1. The lowest BCUT2D eigenvalue weighted by atomic mass is 10.4. The van der Waals surface area contributed by atoms with Gasteiger partial charge in [-0.05, 0) is 13.8 Å². The fraction of sp³-hybridized carbons (Fsp3) is 0.833. The van der Waals surface area contributed by atoms with E-state index in [4.69, 9.17) is 0 Å². The number of rotatable bonds is 0. The molecule has 0 fully saturated rings. The molecule has 10 heavy (non-hydrogen) atoms. The Hall–Kier alpha value is -0.380. The highest BCUT2D eigenvalue weighted by molar-refractivity contribution is 8.00. The largest absolute Gasteiger partial charge is 0.296 e. The van der Waals surface area contributed by atoms with Gasteiger partial charge in [0.15, 0.2) is 0 Å². The van der Waals surface area contributed by atoms with Gasteiger partial charge >= 0.3 is 0 Å². The fourth-order valence-corrected chi connectivity index (χ4v) is 1.93. The second-order valence-electron chi connectivity index (χ2n) is 2.55. The van der Waals surface area contributed by atoms with Gasteiger partial charge in [-0.2, -0.15) is 5.10 Å². The standard InChI is InChI=1S/C6H12N2OS/c1-5-4-10(9)6(2)7-8(5)3/h5H,4H2,1-3H3. The van der Waals surface area contributed by atoms with Crippen molar-refractivity contribution in [3.63, 3.8) is 0 Å². The minimum atomic E-state index is -0.827. The predicted molar refractivity (Wildman–Crippen MR) is 43.3 cm³/mol. The summed E-state index contributed by atoms with van der Waals surface area (Å²) in [6.07, 6.45) is 0. The highest BCUT2D eigenvalue weighted by Crippen LogP contribution is 2.07. The lowest BCUT2D eigenvalue weighted by Gasteiger charge is -2.26. The van der Waals surface area contributed by atoms with E-state index in [1.165, 1.54) is 0 Å². The van der Waals surface area contributed by atoms with E-state index in [2.05, 4.69) is 5.10 Å². The summed E-state index contributed by atoms with van der Waals surface area (Å²) in [5.74, 6) is 0.714. The molecule has 0 radical (unpaired) electrons. The van der Waals surface area contributed by atoms with Crippen LogP contribution in [0.3, 0.4) is 0 Å². The monoisotopic (exact) mass is 160 g/mol. The Morgan fingerprint density at radius 1 is 1.80 bits per heavy atom. The van der Waals surface area contributed by atoms with Gasteiger partial charge in [-0.3, -0.25) is 9.22 Å². The summed E-state index contributed by atoms with van der Waals surface area (Å²) in [7, 11) is 1.08. The van der Waals surface area contributed by atoms with Crippen molar-refractivity contribution in [3.8, 4) is 0 Å². The molecule has 3 nitrogen and oxygen atoms in total. The summed E-state index contributed by atoms with van der Waals surface area (Å²) in [5, 5.41) is 6.69.